The van der Waals surface area contributed by atoms with Crippen LogP contribution in [0.15, 0.2) is 48.9 Å². The normalized spacial score (nSPS) is 15.2. The minimum Gasteiger partial charge on any atom is -0.495 e. The monoisotopic (exact) mass is 351 g/mol. The van der Waals surface area contributed by atoms with Crippen LogP contribution in [0, 0.1) is 0 Å². The summed E-state index contributed by atoms with van der Waals surface area (Å²) >= 11 is 0. The number of hydrogen-bond donors (Lipinski definition) is 1. The van der Waals surface area contributed by atoms with E-state index in [1.165, 1.54) is 0 Å². The summed E-state index contributed by atoms with van der Waals surface area (Å²) < 4.78 is 7.42. The molecule has 7 nitrogen and oxygen atoms in total. The topological polar surface area (TPSA) is 72.3 Å². The van der Waals surface area contributed by atoms with Crippen molar-refractivity contribution in [2.45, 2.75) is 18.9 Å². The minimum absolute atomic E-state index is 0.0958. The number of pyridine rings is 1. The third-order valence-corrected chi connectivity index (χ3v) is 4.83. The van der Waals surface area contributed by atoms with E-state index in [-0.39, 0.29) is 6.03 Å². The lowest BCUT2D eigenvalue weighted by Gasteiger charge is -2.32. The van der Waals surface area contributed by atoms with E-state index in [1.54, 1.807) is 13.3 Å². The number of para-hydroxylation sites is 2. The van der Waals surface area contributed by atoms with Crippen LogP contribution < -0.4 is 10.1 Å². The number of piperidine rings is 1. The number of rotatable bonds is 3. The molecule has 2 amide bonds. The second-order valence-electron chi connectivity index (χ2n) is 6.35. The van der Waals surface area contributed by atoms with Gasteiger partial charge in [-0.05, 0) is 37.1 Å². The number of nitrogens with one attached hydrogen (secondary N) is 1. The zero-order chi connectivity index (χ0) is 17.9. The van der Waals surface area contributed by atoms with Gasteiger partial charge in [-0.15, -0.1) is 0 Å². The van der Waals surface area contributed by atoms with Crippen LogP contribution in [-0.4, -0.2) is 45.7 Å². The van der Waals surface area contributed by atoms with Gasteiger partial charge in [0.25, 0.3) is 0 Å². The van der Waals surface area contributed by atoms with Crippen LogP contribution >= 0.6 is 0 Å². The maximum absolute atomic E-state index is 12.6. The highest BCUT2D eigenvalue weighted by Crippen LogP contribution is 2.27. The molecule has 4 rings (SSSR count). The lowest BCUT2D eigenvalue weighted by molar-refractivity contribution is 0.184. The van der Waals surface area contributed by atoms with E-state index in [0.717, 1.165) is 24.0 Å². The number of likely N-dealkylation sites (tertiary alicyclic amines) is 1. The molecule has 7 heteroatoms. The first-order valence-corrected chi connectivity index (χ1v) is 8.73. The van der Waals surface area contributed by atoms with Gasteiger partial charge < -0.3 is 19.5 Å². The van der Waals surface area contributed by atoms with Crippen molar-refractivity contribution in [3.63, 3.8) is 0 Å². The Kier molecular flexibility index (Phi) is 4.43. The van der Waals surface area contributed by atoms with Gasteiger partial charge in [-0.1, -0.05) is 12.1 Å². The molecule has 0 bridgehead atoms. The van der Waals surface area contributed by atoms with Crippen LogP contribution in [-0.2, 0) is 0 Å². The highest BCUT2D eigenvalue weighted by molar-refractivity contribution is 5.91. The number of methoxy groups -OCH3 is 1. The molecule has 0 unspecified atom stereocenters. The molecule has 134 valence electrons. The van der Waals surface area contributed by atoms with Gasteiger partial charge in [0.2, 0.25) is 0 Å². The minimum atomic E-state index is -0.0958. The first-order chi connectivity index (χ1) is 12.8. The molecule has 1 aliphatic rings. The van der Waals surface area contributed by atoms with E-state index in [0.29, 0.717) is 30.6 Å². The highest BCUT2D eigenvalue weighted by atomic mass is 16.5. The van der Waals surface area contributed by atoms with Crippen LogP contribution in [0.3, 0.4) is 0 Å². The van der Waals surface area contributed by atoms with Gasteiger partial charge >= 0.3 is 6.03 Å². The zero-order valence-corrected chi connectivity index (χ0v) is 14.6. The maximum atomic E-state index is 12.6. The fourth-order valence-electron chi connectivity index (χ4n) is 3.42. The van der Waals surface area contributed by atoms with E-state index < -0.39 is 0 Å². The Hall–Kier alpha value is -3.09. The summed E-state index contributed by atoms with van der Waals surface area (Å²) in [5, 5.41) is 2.94. The first kappa shape index (κ1) is 16.4. The molecule has 2 aromatic heterocycles. The Balaban J connectivity index is 1.41. The smallest absolute Gasteiger partial charge is 0.321 e. The molecule has 1 aromatic carbocycles. The first-order valence-electron chi connectivity index (χ1n) is 8.73. The van der Waals surface area contributed by atoms with E-state index in [1.807, 2.05) is 47.6 Å². The molecule has 0 atom stereocenters. The summed E-state index contributed by atoms with van der Waals surface area (Å²) in [6.45, 7) is 1.39. The number of hydrogen-bond acceptors (Lipinski definition) is 4. The Labute approximate surface area is 151 Å². The van der Waals surface area contributed by atoms with Crippen LogP contribution in [0.25, 0.3) is 11.2 Å². The Morgan fingerprint density at radius 2 is 1.96 bits per heavy atom. The number of fused-ring (bicyclic) bond motifs is 1. The van der Waals surface area contributed by atoms with Crippen LogP contribution in [0.2, 0.25) is 0 Å². The van der Waals surface area contributed by atoms with Crippen molar-refractivity contribution in [3.05, 3.63) is 48.9 Å². The van der Waals surface area contributed by atoms with E-state index in [2.05, 4.69) is 19.9 Å². The van der Waals surface area contributed by atoms with Crippen molar-refractivity contribution in [3.8, 4) is 5.75 Å². The van der Waals surface area contributed by atoms with Gasteiger partial charge in [0.15, 0.2) is 5.65 Å². The maximum Gasteiger partial charge on any atom is 0.321 e. The third-order valence-electron chi connectivity index (χ3n) is 4.83. The summed E-state index contributed by atoms with van der Waals surface area (Å²) in [5.41, 5.74) is 2.50. The second-order valence-corrected chi connectivity index (χ2v) is 6.35. The number of anilines is 1. The Morgan fingerprint density at radius 1 is 1.15 bits per heavy atom. The van der Waals surface area contributed by atoms with Gasteiger partial charge in [0, 0.05) is 25.3 Å². The van der Waals surface area contributed by atoms with Crippen molar-refractivity contribution in [2.24, 2.45) is 0 Å². The van der Waals surface area contributed by atoms with E-state index >= 15 is 0 Å². The third kappa shape index (κ3) is 3.08. The number of aromatic nitrogens is 3. The van der Waals surface area contributed by atoms with Crippen LogP contribution in [0.4, 0.5) is 10.5 Å². The number of ether oxygens (including phenoxy) is 1. The summed E-state index contributed by atoms with van der Waals surface area (Å²) in [6.07, 6.45) is 5.39. The highest BCUT2D eigenvalue weighted by Gasteiger charge is 2.25. The summed E-state index contributed by atoms with van der Waals surface area (Å²) in [5.74, 6) is 0.659. The molecule has 1 N–H and O–H groups in total. The largest absolute Gasteiger partial charge is 0.495 e. The molecule has 0 aliphatic carbocycles. The van der Waals surface area contributed by atoms with Gasteiger partial charge in [-0.25, -0.2) is 14.8 Å². The number of carbonyl (C=O) groups is 1. The average molecular weight is 351 g/mol. The Bertz CT molecular complexity index is 915. The van der Waals surface area contributed by atoms with E-state index in [4.69, 9.17) is 4.74 Å². The van der Waals surface area contributed by atoms with Crippen molar-refractivity contribution >= 4 is 22.9 Å². The Morgan fingerprint density at radius 3 is 2.77 bits per heavy atom. The van der Waals surface area contributed by atoms with Gasteiger partial charge in [-0.2, -0.15) is 0 Å². The summed E-state index contributed by atoms with van der Waals surface area (Å²) in [7, 11) is 1.60. The molecule has 1 saturated heterocycles. The quantitative estimate of drug-likeness (QED) is 0.786. The van der Waals surface area contributed by atoms with Crippen molar-refractivity contribution in [1.82, 2.24) is 19.4 Å². The number of urea groups is 1. The standard InChI is InChI=1S/C19H21N5O2/c1-26-17-7-3-2-5-15(17)22-19(25)23-11-8-14(9-12-23)24-13-21-16-6-4-10-20-18(16)24/h2-7,10,13-14H,8-9,11-12H2,1H3,(H,22,25). The van der Waals surface area contributed by atoms with E-state index in [9.17, 15) is 4.79 Å². The van der Waals surface area contributed by atoms with Crippen molar-refractivity contribution in [1.29, 1.82) is 0 Å². The lowest BCUT2D eigenvalue weighted by atomic mass is 10.1. The van der Waals surface area contributed by atoms with Crippen LogP contribution in [0.5, 0.6) is 5.75 Å². The molecule has 3 heterocycles. The lowest BCUT2D eigenvalue weighted by Crippen LogP contribution is -2.41. The SMILES string of the molecule is COc1ccccc1NC(=O)N1CCC(n2cnc3cccnc32)CC1. The molecule has 3 aromatic rings. The van der Waals surface area contributed by atoms with Crippen LogP contribution in [0.1, 0.15) is 18.9 Å². The summed E-state index contributed by atoms with van der Waals surface area (Å²) in [6, 6.07) is 11.5. The predicted octanol–water partition coefficient (Wildman–Crippen LogP) is 3.31. The number of nitrogens with zero attached hydrogens (tertiary/aromatic N) is 4. The summed E-state index contributed by atoms with van der Waals surface area (Å²) in [4.78, 5) is 23.3. The van der Waals surface area contributed by atoms with Crippen molar-refractivity contribution < 1.29 is 9.53 Å². The van der Waals surface area contributed by atoms with Gasteiger partial charge in [-0.3, -0.25) is 0 Å². The molecular formula is C19H21N5O2. The number of amides is 2. The number of carbonyl (C=O) groups excluding carboxylic acids is 1. The fourth-order valence-corrected chi connectivity index (χ4v) is 3.42. The molecule has 0 spiro atoms. The molecule has 0 saturated carbocycles. The second kappa shape index (κ2) is 7.03. The average Bonchev–Trinajstić information content (AvgIpc) is 3.12. The predicted molar refractivity (Wildman–Crippen MR) is 99.4 cm³/mol. The zero-order valence-electron chi connectivity index (χ0n) is 14.6. The number of imidazole rings is 1. The van der Waals surface area contributed by atoms with Crippen molar-refractivity contribution in [2.75, 3.05) is 25.5 Å². The fraction of sp³-hybridized carbons (Fsp3) is 0.316. The molecule has 26 heavy (non-hydrogen) atoms. The molecule has 1 fully saturated rings. The van der Waals surface area contributed by atoms with Gasteiger partial charge in [0.1, 0.15) is 11.3 Å². The molecular weight excluding hydrogens is 330 g/mol. The van der Waals surface area contributed by atoms with Gasteiger partial charge in [0.05, 0.1) is 19.1 Å². The molecule has 0 radical (unpaired) electrons. The molecule has 1 aliphatic heterocycles. The number of benzene rings is 1.